The van der Waals surface area contributed by atoms with Crippen LogP contribution in [0.25, 0.3) is 27.0 Å². The zero-order valence-electron chi connectivity index (χ0n) is 19.1. The van der Waals surface area contributed by atoms with Gasteiger partial charge in [0.1, 0.15) is 0 Å². The first-order chi connectivity index (χ1) is 17.2. The van der Waals surface area contributed by atoms with E-state index >= 15 is 0 Å². The van der Waals surface area contributed by atoms with Gasteiger partial charge in [0.2, 0.25) is 5.91 Å². The molecule has 35 heavy (non-hydrogen) atoms. The summed E-state index contributed by atoms with van der Waals surface area (Å²) in [6, 6.07) is 21.5. The van der Waals surface area contributed by atoms with Crippen molar-refractivity contribution in [2.75, 3.05) is 18.4 Å². The van der Waals surface area contributed by atoms with Crippen LogP contribution in [0, 0.1) is 5.92 Å². The number of carbonyl (C=O) groups excluding carboxylic acids is 2. The second-order valence-corrected chi connectivity index (χ2v) is 9.78. The number of thiazole rings is 1. The smallest absolute Gasteiger partial charge is 0.254 e. The van der Waals surface area contributed by atoms with Crippen LogP contribution < -0.4 is 5.32 Å². The fraction of sp³-hybridized carbons (Fsp3) is 0.179. The van der Waals surface area contributed by atoms with Gasteiger partial charge in [-0.05, 0) is 41.8 Å². The molecule has 2 aromatic heterocycles. The van der Waals surface area contributed by atoms with Gasteiger partial charge in [-0.3, -0.25) is 14.0 Å². The van der Waals surface area contributed by atoms with Crippen molar-refractivity contribution in [2.24, 2.45) is 5.92 Å². The van der Waals surface area contributed by atoms with Crippen molar-refractivity contribution in [3.8, 4) is 11.3 Å². The van der Waals surface area contributed by atoms with E-state index < -0.39 is 0 Å². The first kappa shape index (κ1) is 21.6. The quantitative estimate of drug-likeness (QED) is 0.358. The lowest BCUT2D eigenvalue weighted by atomic mass is 9.95. The van der Waals surface area contributed by atoms with Crippen LogP contribution in [0.1, 0.15) is 23.2 Å². The maximum Gasteiger partial charge on any atom is 0.254 e. The lowest BCUT2D eigenvalue weighted by Gasteiger charge is -2.32. The van der Waals surface area contributed by atoms with Crippen LogP contribution in [0.2, 0.25) is 0 Å². The molecule has 0 aliphatic carbocycles. The van der Waals surface area contributed by atoms with Crippen LogP contribution in [0.5, 0.6) is 0 Å². The summed E-state index contributed by atoms with van der Waals surface area (Å²) in [7, 11) is 0. The maximum absolute atomic E-state index is 13.3. The number of nitrogens with zero attached hydrogens (tertiary/aromatic N) is 3. The summed E-state index contributed by atoms with van der Waals surface area (Å²) < 4.78 is 2.00. The highest BCUT2D eigenvalue weighted by molar-refractivity contribution is 7.15. The molecule has 1 unspecified atom stereocenters. The Morgan fingerprint density at radius 3 is 2.69 bits per heavy atom. The van der Waals surface area contributed by atoms with Gasteiger partial charge in [0.15, 0.2) is 4.96 Å². The summed E-state index contributed by atoms with van der Waals surface area (Å²) in [4.78, 5) is 33.8. The number of nitrogens with one attached hydrogen (secondary N) is 1. The Kier molecular flexibility index (Phi) is 5.54. The molecule has 7 heteroatoms. The van der Waals surface area contributed by atoms with E-state index in [2.05, 4.69) is 10.3 Å². The van der Waals surface area contributed by atoms with E-state index in [1.165, 1.54) is 0 Å². The molecule has 1 fully saturated rings. The summed E-state index contributed by atoms with van der Waals surface area (Å²) >= 11 is 1.60. The second-order valence-electron chi connectivity index (χ2n) is 8.90. The lowest BCUT2D eigenvalue weighted by molar-refractivity contribution is -0.121. The number of carbonyl (C=O) groups is 2. The summed E-state index contributed by atoms with van der Waals surface area (Å²) in [5.41, 5.74) is 3.35. The number of benzene rings is 3. The zero-order chi connectivity index (χ0) is 23.8. The minimum atomic E-state index is -0.234. The summed E-state index contributed by atoms with van der Waals surface area (Å²) in [5, 5.41) is 7.04. The van der Waals surface area contributed by atoms with Gasteiger partial charge in [-0.25, -0.2) is 4.98 Å². The van der Waals surface area contributed by atoms with Crippen molar-refractivity contribution in [1.29, 1.82) is 0 Å². The number of imidazole rings is 1. The predicted octanol–water partition coefficient (Wildman–Crippen LogP) is 5.71. The van der Waals surface area contributed by atoms with Crippen molar-refractivity contribution in [1.82, 2.24) is 14.3 Å². The van der Waals surface area contributed by atoms with Gasteiger partial charge in [0.25, 0.3) is 5.91 Å². The van der Waals surface area contributed by atoms with E-state index in [1.807, 2.05) is 93.8 Å². The van der Waals surface area contributed by atoms with E-state index in [0.717, 1.165) is 45.5 Å². The normalized spacial score (nSPS) is 16.0. The SMILES string of the molecule is O=C(Nc1ccc(-c2cn3ccsc3n2)cc1)C1CCCN(C(=O)c2cccc3ccccc23)C1. The molecule has 0 bridgehead atoms. The molecule has 6 rings (SSSR count). The van der Waals surface area contributed by atoms with Crippen LogP contribution in [0.4, 0.5) is 5.69 Å². The molecular formula is C28H24N4O2S. The van der Waals surface area contributed by atoms with E-state index in [9.17, 15) is 9.59 Å². The van der Waals surface area contributed by atoms with Gasteiger partial charge < -0.3 is 10.2 Å². The second kappa shape index (κ2) is 9.00. The first-order valence-corrected chi connectivity index (χ1v) is 12.6. The number of rotatable bonds is 4. The van der Waals surface area contributed by atoms with Gasteiger partial charge in [0.05, 0.1) is 11.6 Å². The summed E-state index contributed by atoms with van der Waals surface area (Å²) in [6.45, 7) is 1.10. The maximum atomic E-state index is 13.3. The highest BCUT2D eigenvalue weighted by Crippen LogP contribution is 2.26. The monoisotopic (exact) mass is 480 g/mol. The molecule has 1 N–H and O–H groups in total. The zero-order valence-corrected chi connectivity index (χ0v) is 19.9. The third kappa shape index (κ3) is 4.19. The molecule has 1 atom stereocenters. The third-order valence-corrected chi connectivity index (χ3v) is 7.41. The summed E-state index contributed by atoms with van der Waals surface area (Å²) in [5.74, 6) is -0.290. The highest BCUT2D eigenvalue weighted by Gasteiger charge is 2.29. The molecule has 1 saturated heterocycles. The molecule has 2 amide bonds. The average molecular weight is 481 g/mol. The van der Waals surface area contributed by atoms with Crippen LogP contribution in [0.3, 0.4) is 0 Å². The Hall–Kier alpha value is -3.97. The van der Waals surface area contributed by atoms with Crippen molar-refractivity contribution in [3.63, 3.8) is 0 Å². The average Bonchev–Trinajstić information content (AvgIpc) is 3.51. The van der Waals surface area contributed by atoms with Crippen molar-refractivity contribution in [2.45, 2.75) is 12.8 Å². The first-order valence-electron chi connectivity index (χ1n) is 11.8. The van der Waals surface area contributed by atoms with E-state index in [0.29, 0.717) is 18.7 Å². The Morgan fingerprint density at radius 1 is 1.00 bits per heavy atom. The van der Waals surface area contributed by atoms with E-state index in [-0.39, 0.29) is 17.7 Å². The number of amides is 2. The van der Waals surface area contributed by atoms with Crippen LogP contribution in [-0.2, 0) is 4.79 Å². The molecule has 5 aromatic rings. The van der Waals surface area contributed by atoms with Crippen LogP contribution in [0.15, 0.2) is 84.5 Å². The Bertz CT molecular complexity index is 1500. The fourth-order valence-corrected chi connectivity index (χ4v) is 5.49. The van der Waals surface area contributed by atoms with E-state index in [1.54, 1.807) is 11.3 Å². The lowest BCUT2D eigenvalue weighted by Crippen LogP contribution is -2.43. The molecule has 0 saturated carbocycles. The number of hydrogen-bond donors (Lipinski definition) is 1. The fourth-order valence-electron chi connectivity index (χ4n) is 4.79. The molecule has 0 radical (unpaired) electrons. The molecule has 0 spiro atoms. The Balaban J connectivity index is 1.13. The number of likely N-dealkylation sites (tertiary alicyclic amines) is 1. The van der Waals surface area contributed by atoms with Gasteiger partial charge in [-0.1, -0.05) is 48.5 Å². The van der Waals surface area contributed by atoms with E-state index in [4.69, 9.17) is 0 Å². The molecule has 1 aliphatic heterocycles. The number of hydrogen-bond acceptors (Lipinski definition) is 4. The minimum absolute atomic E-state index is 0.0105. The van der Waals surface area contributed by atoms with Crippen molar-refractivity contribution in [3.05, 3.63) is 90.1 Å². The van der Waals surface area contributed by atoms with Crippen LogP contribution in [-0.4, -0.2) is 39.2 Å². The number of fused-ring (bicyclic) bond motifs is 2. The standard InChI is InChI=1S/C28H24N4O2S/c33-26(29-22-12-10-20(11-13-22)25-18-32-15-16-35-28(32)30-25)21-7-4-14-31(17-21)27(34)24-9-3-6-19-5-1-2-8-23(19)24/h1-3,5-6,8-13,15-16,18,21H,4,7,14,17H2,(H,29,33). The van der Waals surface area contributed by atoms with Crippen molar-refractivity contribution >= 4 is 44.6 Å². The molecule has 1 aliphatic rings. The third-order valence-electron chi connectivity index (χ3n) is 6.64. The topological polar surface area (TPSA) is 66.7 Å². The number of anilines is 1. The Morgan fingerprint density at radius 2 is 1.83 bits per heavy atom. The number of piperidine rings is 1. The molecule has 174 valence electrons. The van der Waals surface area contributed by atoms with Crippen LogP contribution >= 0.6 is 11.3 Å². The molecular weight excluding hydrogens is 456 g/mol. The van der Waals surface area contributed by atoms with Gasteiger partial charge in [-0.2, -0.15) is 0 Å². The molecule has 6 nitrogen and oxygen atoms in total. The van der Waals surface area contributed by atoms with Gasteiger partial charge >= 0.3 is 0 Å². The molecule has 3 heterocycles. The summed E-state index contributed by atoms with van der Waals surface area (Å²) in [6.07, 6.45) is 5.58. The minimum Gasteiger partial charge on any atom is -0.338 e. The predicted molar refractivity (Wildman–Crippen MR) is 140 cm³/mol. The van der Waals surface area contributed by atoms with Gasteiger partial charge in [0, 0.05) is 47.7 Å². The number of aromatic nitrogens is 2. The van der Waals surface area contributed by atoms with Gasteiger partial charge in [-0.15, -0.1) is 11.3 Å². The molecule has 3 aromatic carbocycles. The largest absolute Gasteiger partial charge is 0.338 e. The highest BCUT2D eigenvalue weighted by atomic mass is 32.1. The van der Waals surface area contributed by atoms with Crippen molar-refractivity contribution < 1.29 is 9.59 Å². The Labute approximate surface area is 206 Å².